The topological polar surface area (TPSA) is 68.1 Å². The number of fused-ring (bicyclic) bond motifs is 3. The van der Waals surface area contributed by atoms with E-state index in [1.54, 1.807) is 20.1 Å². The summed E-state index contributed by atoms with van der Waals surface area (Å²) in [6.45, 7) is 1.79. The molecule has 3 aromatic rings. The smallest absolute Gasteiger partial charge is 0.347 e. The van der Waals surface area contributed by atoms with Crippen molar-refractivity contribution in [1.29, 1.82) is 0 Å². The number of nitrogens with zero attached hydrogens (tertiary/aromatic N) is 1. The average Bonchev–Trinajstić information content (AvgIpc) is 2.71. The molecule has 17 heavy (non-hydrogen) atoms. The van der Waals surface area contributed by atoms with Crippen molar-refractivity contribution in [2.24, 2.45) is 0 Å². The van der Waals surface area contributed by atoms with Gasteiger partial charge in [0.15, 0.2) is 0 Å². The highest BCUT2D eigenvalue weighted by Gasteiger charge is 2.12. The molecule has 0 bridgehead atoms. The zero-order valence-corrected chi connectivity index (χ0v) is 9.40. The van der Waals surface area contributed by atoms with Crippen molar-refractivity contribution in [3.05, 3.63) is 34.3 Å². The van der Waals surface area contributed by atoms with Crippen molar-refractivity contribution in [2.45, 2.75) is 6.92 Å². The Labute approximate surface area is 96.0 Å². The molecule has 86 valence electrons. The van der Waals surface area contributed by atoms with Crippen LogP contribution in [0.25, 0.3) is 21.9 Å². The van der Waals surface area contributed by atoms with Gasteiger partial charge in [-0.1, -0.05) is 0 Å². The van der Waals surface area contributed by atoms with Gasteiger partial charge < -0.3 is 9.15 Å². The summed E-state index contributed by atoms with van der Waals surface area (Å²) in [7, 11) is 1.57. The summed E-state index contributed by atoms with van der Waals surface area (Å²) in [5, 5.41) is 8.23. The third-order valence-corrected chi connectivity index (χ3v) is 2.80. The van der Waals surface area contributed by atoms with Crippen molar-refractivity contribution in [3.63, 3.8) is 0 Å². The summed E-state index contributed by atoms with van der Waals surface area (Å²) in [5.41, 5.74) is 1.45. The second-order valence-corrected chi connectivity index (χ2v) is 3.82. The number of aryl methyl sites for hydroxylation is 1. The number of methoxy groups -OCH3 is 1. The Kier molecular flexibility index (Phi) is 1.95. The summed E-state index contributed by atoms with van der Waals surface area (Å²) in [4.78, 5) is 11.8. The first-order chi connectivity index (χ1) is 8.20. The number of H-pyrrole nitrogens is 1. The molecule has 0 spiro atoms. The highest BCUT2D eigenvalue weighted by Crippen LogP contribution is 2.25. The number of hydrogen-bond acceptors (Lipinski definition) is 4. The summed E-state index contributed by atoms with van der Waals surface area (Å²) >= 11 is 0. The van der Waals surface area contributed by atoms with Crippen LogP contribution in [-0.4, -0.2) is 17.3 Å². The second-order valence-electron chi connectivity index (χ2n) is 3.82. The lowest BCUT2D eigenvalue weighted by Gasteiger charge is -2.01. The molecule has 0 aliphatic heterocycles. The minimum absolute atomic E-state index is 0.382. The summed E-state index contributed by atoms with van der Waals surface area (Å²) in [6.07, 6.45) is 0. The van der Waals surface area contributed by atoms with E-state index in [9.17, 15) is 4.79 Å². The lowest BCUT2D eigenvalue weighted by atomic mass is 10.1. The number of ether oxygens (including phenoxy) is 1. The molecule has 0 fully saturated rings. The molecule has 2 aromatic heterocycles. The van der Waals surface area contributed by atoms with Crippen LogP contribution in [0.2, 0.25) is 0 Å². The van der Waals surface area contributed by atoms with E-state index in [-0.39, 0.29) is 5.63 Å². The Morgan fingerprint density at radius 3 is 3.00 bits per heavy atom. The first-order valence-corrected chi connectivity index (χ1v) is 5.16. The third-order valence-electron chi connectivity index (χ3n) is 2.80. The van der Waals surface area contributed by atoms with E-state index in [1.807, 2.05) is 12.1 Å². The fraction of sp³-hybridized carbons (Fsp3) is 0.167. The van der Waals surface area contributed by atoms with Gasteiger partial charge in [0, 0.05) is 17.1 Å². The monoisotopic (exact) mass is 230 g/mol. The molecule has 1 N–H and O–H groups in total. The number of aromatic amines is 1. The van der Waals surface area contributed by atoms with Gasteiger partial charge in [-0.05, 0) is 19.1 Å². The molecule has 0 aliphatic rings. The molecule has 0 amide bonds. The average molecular weight is 230 g/mol. The predicted molar refractivity (Wildman–Crippen MR) is 63.4 cm³/mol. The maximum Gasteiger partial charge on any atom is 0.347 e. The van der Waals surface area contributed by atoms with Gasteiger partial charge in [0.1, 0.15) is 22.2 Å². The Morgan fingerprint density at radius 1 is 1.41 bits per heavy atom. The molecule has 2 heterocycles. The number of rotatable bonds is 1. The minimum Gasteiger partial charge on any atom is -0.497 e. The molecule has 3 rings (SSSR count). The maximum absolute atomic E-state index is 11.8. The number of hydrogen-bond donors (Lipinski definition) is 1. The van der Waals surface area contributed by atoms with E-state index in [2.05, 4.69) is 10.2 Å². The van der Waals surface area contributed by atoms with Gasteiger partial charge in [0.25, 0.3) is 0 Å². The molecule has 1 aromatic carbocycles. The third kappa shape index (κ3) is 1.32. The zero-order valence-electron chi connectivity index (χ0n) is 9.40. The quantitative estimate of drug-likeness (QED) is 0.649. The molecule has 0 aliphatic carbocycles. The molecule has 0 unspecified atom stereocenters. The molecule has 0 saturated heterocycles. The molecule has 5 nitrogen and oxygen atoms in total. The first kappa shape index (κ1) is 9.89. The summed E-state index contributed by atoms with van der Waals surface area (Å²) in [6, 6.07) is 5.33. The van der Waals surface area contributed by atoms with Crippen molar-refractivity contribution in [2.75, 3.05) is 7.11 Å². The highest BCUT2D eigenvalue weighted by atomic mass is 16.5. The van der Waals surface area contributed by atoms with Crippen LogP contribution in [-0.2, 0) is 0 Å². The first-order valence-electron chi connectivity index (χ1n) is 5.16. The van der Waals surface area contributed by atoms with Gasteiger partial charge in [-0.2, -0.15) is 5.10 Å². The fourth-order valence-electron chi connectivity index (χ4n) is 1.93. The van der Waals surface area contributed by atoms with Gasteiger partial charge in [-0.15, -0.1) is 0 Å². The predicted octanol–water partition coefficient (Wildman–Crippen LogP) is 1.99. The van der Waals surface area contributed by atoms with Crippen LogP contribution >= 0.6 is 0 Å². The fourth-order valence-corrected chi connectivity index (χ4v) is 1.93. The minimum atomic E-state index is -0.382. The second kappa shape index (κ2) is 3.35. The van der Waals surface area contributed by atoms with Crippen LogP contribution in [0, 0.1) is 6.92 Å². The van der Waals surface area contributed by atoms with E-state index in [0.717, 1.165) is 5.39 Å². The van der Waals surface area contributed by atoms with Gasteiger partial charge >= 0.3 is 5.63 Å². The molecular formula is C12H10N2O3. The van der Waals surface area contributed by atoms with Gasteiger partial charge in [0.2, 0.25) is 0 Å². The van der Waals surface area contributed by atoms with Crippen LogP contribution in [0.5, 0.6) is 5.75 Å². The normalized spacial score (nSPS) is 11.2. The van der Waals surface area contributed by atoms with E-state index in [1.165, 1.54) is 0 Å². The van der Waals surface area contributed by atoms with Crippen molar-refractivity contribution in [3.8, 4) is 5.75 Å². The Morgan fingerprint density at radius 2 is 2.24 bits per heavy atom. The Hall–Kier alpha value is -2.30. The standard InChI is InChI=1S/C12H10N2O3/c1-6-10-11(14-13-6)8-4-3-7(16-2)5-9(8)17-12(10)15/h3-5H,1-2H3,(H,13,14). The number of nitrogens with one attached hydrogen (secondary N) is 1. The van der Waals surface area contributed by atoms with Gasteiger partial charge in [0.05, 0.1) is 7.11 Å². The number of benzene rings is 1. The van der Waals surface area contributed by atoms with Crippen LogP contribution in [0.4, 0.5) is 0 Å². The van der Waals surface area contributed by atoms with Crippen LogP contribution in [0.1, 0.15) is 5.69 Å². The van der Waals surface area contributed by atoms with E-state index < -0.39 is 0 Å². The van der Waals surface area contributed by atoms with E-state index in [0.29, 0.717) is 27.9 Å². The largest absolute Gasteiger partial charge is 0.497 e. The van der Waals surface area contributed by atoms with Crippen molar-refractivity contribution >= 4 is 21.9 Å². The van der Waals surface area contributed by atoms with Gasteiger partial charge in [-0.25, -0.2) is 4.79 Å². The molecule has 5 heteroatoms. The van der Waals surface area contributed by atoms with Crippen molar-refractivity contribution < 1.29 is 9.15 Å². The van der Waals surface area contributed by atoms with Gasteiger partial charge in [-0.3, -0.25) is 5.10 Å². The van der Waals surface area contributed by atoms with Crippen LogP contribution < -0.4 is 10.4 Å². The molecular weight excluding hydrogens is 220 g/mol. The van der Waals surface area contributed by atoms with Crippen LogP contribution in [0.3, 0.4) is 0 Å². The SMILES string of the molecule is COc1ccc2c(c1)oc(=O)c1c(C)[nH]nc12. The Balaban J connectivity index is 2.53. The summed E-state index contributed by atoms with van der Waals surface area (Å²) in [5.74, 6) is 0.646. The lowest BCUT2D eigenvalue weighted by molar-refractivity contribution is 0.414. The lowest BCUT2D eigenvalue weighted by Crippen LogP contribution is -1.99. The zero-order chi connectivity index (χ0) is 12.0. The van der Waals surface area contributed by atoms with E-state index >= 15 is 0 Å². The van der Waals surface area contributed by atoms with Crippen molar-refractivity contribution in [1.82, 2.24) is 10.2 Å². The highest BCUT2D eigenvalue weighted by molar-refractivity contribution is 6.02. The molecule has 0 radical (unpaired) electrons. The molecule has 0 saturated carbocycles. The molecule has 0 atom stereocenters. The summed E-state index contributed by atoms with van der Waals surface area (Å²) < 4.78 is 10.4. The van der Waals surface area contributed by atoms with E-state index in [4.69, 9.17) is 9.15 Å². The van der Waals surface area contributed by atoms with Crippen LogP contribution in [0.15, 0.2) is 27.4 Å². The Bertz CT molecular complexity index is 770. The number of aromatic nitrogens is 2. The maximum atomic E-state index is 11.8.